The van der Waals surface area contributed by atoms with Crippen LogP contribution in [0.1, 0.15) is 11.1 Å². The van der Waals surface area contributed by atoms with Crippen molar-refractivity contribution in [2.75, 3.05) is 42.4 Å². The van der Waals surface area contributed by atoms with Crippen LogP contribution in [0.4, 0.5) is 24.5 Å². The number of piperazine rings is 1. The minimum atomic E-state index is -4.60. The highest BCUT2D eigenvalue weighted by Crippen LogP contribution is 2.31. The van der Waals surface area contributed by atoms with Crippen molar-refractivity contribution in [3.63, 3.8) is 0 Å². The Balaban J connectivity index is 1.30. The van der Waals surface area contributed by atoms with E-state index in [1.165, 1.54) is 30.3 Å². The number of nitrogens with one attached hydrogen (secondary N) is 1. The van der Waals surface area contributed by atoms with Crippen molar-refractivity contribution in [1.82, 2.24) is 4.90 Å². The number of nitrogens with zero attached hydrogens (tertiary/aromatic N) is 2. The fraction of sp³-hybridized carbons (Fsp3) is 0.269. The first-order valence-corrected chi connectivity index (χ1v) is 13.5. The van der Waals surface area contributed by atoms with Crippen molar-refractivity contribution in [3.05, 3.63) is 82.9 Å². The lowest BCUT2D eigenvalue weighted by molar-refractivity contribution is -0.137. The van der Waals surface area contributed by atoms with Gasteiger partial charge in [0, 0.05) is 42.6 Å². The minimum absolute atomic E-state index is 0.166. The van der Waals surface area contributed by atoms with Gasteiger partial charge in [-0.25, -0.2) is 8.42 Å². The van der Waals surface area contributed by atoms with E-state index in [0.29, 0.717) is 31.2 Å². The van der Waals surface area contributed by atoms with E-state index in [1.807, 2.05) is 25.1 Å². The Hall–Kier alpha value is -3.44. The Morgan fingerprint density at radius 1 is 1.00 bits per heavy atom. The number of hydrogen-bond donors (Lipinski definition) is 1. The third kappa shape index (κ3) is 6.70. The molecular weight excluding hydrogens is 543 g/mol. The number of benzene rings is 3. The number of ether oxygens (including phenoxy) is 1. The molecule has 7 nitrogen and oxygen atoms in total. The number of sulfonamides is 1. The van der Waals surface area contributed by atoms with E-state index in [-0.39, 0.29) is 28.8 Å². The lowest BCUT2D eigenvalue weighted by atomic mass is 10.1. The summed E-state index contributed by atoms with van der Waals surface area (Å²) in [6, 6.07) is 14.9. The number of rotatable bonds is 7. The molecule has 0 unspecified atom stereocenters. The molecule has 1 amide bonds. The van der Waals surface area contributed by atoms with Crippen LogP contribution in [0.5, 0.6) is 5.75 Å². The molecule has 1 fully saturated rings. The summed E-state index contributed by atoms with van der Waals surface area (Å²) in [5, 5.41) is 0.655. The topological polar surface area (TPSA) is 79.0 Å². The largest absolute Gasteiger partial charge is 0.484 e. The second-order valence-corrected chi connectivity index (χ2v) is 10.9. The molecule has 1 N–H and O–H groups in total. The van der Waals surface area contributed by atoms with Crippen LogP contribution < -0.4 is 14.4 Å². The molecule has 0 radical (unpaired) electrons. The van der Waals surface area contributed by atoms with Crippen molar-refractivity contribution in [2.45, 2.75) is 18.0 Å². The SMILES string of the molecule is Cc1ccc(Cl)cc1N1CCN(C(=O)COc2ccc(S(=O)(=O)Nc3cccc(C(F)(F)F)c3)cc2)CC1. The number of aryl methyl sites for hydroxylation is 1. The smallest absolute Gasteiger partial charge is 0.416 e. The zero-order valence-electron chi connectivity index (χ0n) is 20.3. The molecule has 0 aliphatic carbocycles. The Morgan fingerprint density at radius 2 is 1.68 bits per heavy atom. The Kier molecular flexibility index (Phi) is 8.08. The highest BCUT2D eigenvalue weighted by atomic mass is 35.5. The average Bonchev–Trinajstić information content (AvgIpc) is 2.88. The predicted molar refractivity (Wildman–Crippen MR) is 139 cm³/mol. The summed E-state index contributed by atoms with van der Waals surface area (Å²) in [5.74, 6) is 0.0833. The van der Waals surface area contributed by atoms with Gasteiger partial charge in [0.1, 0.15) is 5.75 Å². The van der Waals surface area contributed by atoms with E-state index >= 15 is 0 Å². The van der Waals surface area contributed by atoms with Crippen molar-refractivity contribution in [3.8, 4) is 5.75 Å². The molecule has 12 heteroatoms. The van der Waals surface area contributed by atoms with Gasteiger partial charge in [0.05, 0.1) is 10.5 Å². The van der Waals surface area contributed by atoms with Crippen LogP contribution in [-0.4, -0.2) is 52.0 Å². The van der Waals surface area contributed by atoms with Gasteiger partial charge < -0.3 is 14.5 Å². The van der Waals surface area contributed by atoms with Gasteiger partial charge in [0.15, 0.2) is 6.61 Å². The second kappa shape index (κ2) is 11.1. The molecule has 1 saturated heterocycles. The summed E-state index contributed by atoms with van der Waals surface area (Å²) >= 11 is 6.12. The monoisotopic (exact) mass is 567 g/mol. The summed E-state index contributed by atoms with van der Waals surface area (Å²) in [6.07, 6.45) is -4.60. The lowest BCUT2D eigenvalue weighted by Gasteiger charge is -2.36. The van der Waals surface area contributed by atoms with Crippen LogP contribution in [0, 0.1) is 6.92 Å². The molecule has 0 atom stereocenters. The molecule has 0 spiro atoms. The van der Waals surface area contributed by atoms with Gasteiger partial charge in [0.2, 0.25) is 0 Å². The molecule has 1 aliphatic heterocycles. The average molecular weight is 568 g/mol. The van der Waals surface area contributed by atoms with Crippen LogP contribution >= 0.6 is 11.6 Å². The first-order chi connectivity index (χ1) is 17.9. The molecule has 3 aromatic carbocycles. The van der Waals surface area contributed by atoms with E-state index < -0.39 is 21.8 Å². The van der Waals surface area contributed by atoms with Gasteiger partial charge in [0.25, 0.3) is 15.9 Å². The fourth-order valence-electron chi connectivity index (χ4n) is 4.04. The molecule has 38 heavy (non-hydrogen) atoms. The maximum Gasteiger partial charge on any atom is 0.416 e. The van der Waals surface area contributed by atoms with Gasteiger partial charge in [-0.2, -0.15) is 13.2 Å². The zero-order chi connectivity index (χ0) is 27.5. The van der Waals surface area contributed by atoms with Crippen LogP contribution in [0.15, 0.2) is 71.6 Å². The Labute approximate surface area is 223 Å². The van der Waals surface area contributed by atoms with E-state index in [2.05, 4.69) is 9.62 Å². The number of carbonyl (C=O) groups is 1. The van der Waals surface area contributed by atoms with Crippen molar-refractivity contribution < 1.29 is 31.1 Å². The number of hydrogen-bond acceptors (Lipinski definition) is 5. The summed E-state index contributed by atoms with van der Waals surface area (Å²) in [7, 11) is -4.14. The van der Waals surface area contributed by atoms with Crippen molar-refractivity contribution in [2.24, 2.45) is 0 Å². The van der Waals surface area contributed by atoms with E-state index in [4.69, 9.17) is 16.3 Å². The summed E-state index contributed by atoms with van der Waals surface area (Å²) in [5.41, 5.74) is 0.968. The van der Waals surface area contributed by atoms with E-state index in [9.17, 15) is 26.4 Å². The zero-order valence-corrected chi connectivity index (χ0v) is 21.9. The highest BCUT2D eigenvalue weighted by Gasteiger charge is 2.31. The van der Waals surface area contributed by atoms with Crippen LogP contribution in [0.25, 0.3) is 0 Å². The van der Waals surface area contributed by atoms with Gasteiger partial charge in [-0.3, -0.25) is 9.52 Å². The predicted octanol–water partition coefficient (Wildman–Crippen LogP) is 5.20. The third-order valence-electron chi connectivity index (χ3n) is 6.08. The van der Waals surface area contributed by atoms with Gasteiger partial charge in [-0.15, -0.1) is 0 Å². The van der Waals surface area contributed by atoms with E-state index in [0.717, 1.165) is 29.4 Å². The lowest BCUT2D eigenvalue weighted by Crippen LogP contribution is -2.50. The second-order valence-electron chi connectivity index (χ2n) is 8.74. The minimum Gasteiger partial charge on any atom is -0.484 e. The molecule has 3 aromatic rings. The number of carbonyl (C=O) groups excluding carboxylic acids is 1. The highest BCUT2D eigenvalue weighted by molar-refractivity contribution is 7.92. The van der Waals surface area contributed by atoms with E-state index in [1.54, 1.807) is 4.90 Å². The Morgan fingerprint density at radius 3 is 2.34 bits per heavy atom. The molecule has 0 bridgehead atoms. The molecule has 4 rings (SSSR count). The number of amides is 1. The number of alkyl halides is 3. The molecule has 0 aromatic heterocycles. The normalized spacial score (nSPS) is 14.3. The molecule has 202 valence electrons. The summed E-state index contributed by atoms with van der Waals surface area (Å²) in [6.45, 7) is 4.13. The molecule has 1 heterocycles. The fourth-order valence-corrected chi connectivity index (χ4v) is 5.26. The number of halogens is 4. The summed E-state index contributed by atoms with van der Waals surface area (Å²) < 4.78 is 71.6. The standard InChI is InChI=1S/C26H25ClF3N3O4S/c1-18-5-6-20(27)16-24(18)32-11-13-33(14-12-32)25(34)17-37-22-7-9-23(10-8-22)38(35,36)31-21-4-2-3-19(15-21)26(28,29)30/h2-10,15-16,31H,11-14,17H2,1H3. The first-order valence-electron chi connectivity index (χ1n) is 11.6. The van der Waals surface area contributed by atoms with Crippen molar-refractivity contribution >= 4 is 38.9 Å². The van der Waals surface area contributed by atoms with Crippen LogP contribution in [-0.2, 0) is 21.0 Å². The van der Waals surface area contributed by atoms with Gasteiger partial charge in [-0.05, 0) is 67.1 Å². The van der Waals surface area contributed by atoms with Gasteiger partial charge >= 0.3 is 6.18 Å². The van der Waals surface area contributed by atoms with Crippen molar-refractivity contribution in [1.29, 1.82) is 0 Å². The summed E-state index contributed by atoms with van der Waals surface area (Å²) in [4.78, 5) is 16.4. The Bertz CT molecular complexity index is 1410. The van der Waals surface area contributed by atoms with Gasteiger partial charge in [-0.1, -0.05) is 23.7 Å². The first kappa shape index (κ1) is 27.6. The third-order valence-corrected chi connectivity index (χ3v) is 7.72. The molecule has 1 aliphatic rings. The maximum atomic E-state index is 12.9. The van der Waals surface area contributed by atoms with Crippen LogP contribution in [0.2, 0.25) is 5.02 Å². The molecule has 0 saturated carbocycles. The number of anilines is 2. The van der Waals surface area contributed by atoms with Crippen LogP contribution in [0.3, 0.4) is 0 Å². The maximum absolute atomic E-state index is 12.9. The quantitative estimate of drug-likeness (QED) is 0.425. The molecular formula is C26H25ClF3N3O4S.